The number of carbonyl (C=O) groups is 1. The van der Waals surface area contributed by atoms with Crippen molar-refractivity contribution < 1.29 is 19.0 Å². The van der Waals surface area contributed by atoms with Gasteiger partial charge in [-0.1, -0.05) is 36.4 Å². The van der Waals surface area contributed by atoms with Gasteiger partial charge >= 0.3 is 0 Å². The van der Waals surface area contributed by atoms with Gasteiger partial charge in [-0.3, -0.25) is 4.79 Å². The van der Waals surface area contributed by atoms with Crippen molar-refractivity contribution in [2.45, 2.75) is 6.61 Å². The van der Waals surface area contributed by atoms with E-state index in [4.69, 9.17) is 14.2 Å². The monoisotopic (exact) mass is 315 g/mol. The van der Waals surface area contributed by atoms with Gasteiger partial charge in [0.05, 0.1) is 20.3 Å². The van der Waals surface area contributed by atoms with Crippen LogP contribution in [0.1, 0.15) is 5.56 Å². The summed E-state index contributed by atoms with van der Waals surface area (Å²) in [7, 11) is 1.61. The number of hydrogen-bond acceptors (Lipinski definition) is 4. The van der Waals surface area contributed by atoms with Gasteiger partial charge in [0.15, 0.2) is 0 Å². The molecular formula is C18H21NO4. The number of methoxy groups -OCH3 is 1. The Morgan fingerprint density at radius 2 is 1.83 bits per heavy atom. The first kappa shape index (κ1) is 16.8. The second-order valence-electron chi connectivity index (χ2n) is 4.86. The topological polar surface area (TPSA) is 56.8 Å². The molecule has 0 heterocycles. The summed E-state index contributed by atoms with van der Waals surface area (Å²) < 4.78 is 16.0. The molecule has 5 heteroatoms. The quantitative estimate of drug-likeness (QED) is 0.722. The van der Waals surface area contributed by atoms with Crippen molar-refractivity contribution in [3.8, 4) is 11.5 Å². The summed E-state index contributed by atoms with van der Waals surface area (Å²) in [5.74, 6) is 1.29. The minimum absolute atomic E-state index is 0.0358. The molecule has 0 aromatic heterocycles. The van der Waals surface area contributed by atoms with Crippen molar-refractivity contribution in [1.82, 2.24) is 5.32 Å². The molecule has 122 valence electrons. The van der Waals surface area contributed by atoms with Crippen LogP contribution in [-0.4, -0.2) is 32.8 Å². The van der Waals surface area contributed by atoms with Gasteiger partial charge in [0.25, 0.3) is 0 Å². The molecule has 5 nitrogen and oxygen atoms in total. The first-order valence-electron chi connectivity index (χ1n) is 7.43. The van der Waals surface area contributed by atoms with E-state index in [1.54, 1.807) is 13.2 Å². The zero-order valence-electron chi connectivity index (χ0n) is 13.2. The molecular weight excluding hydrogens is 294 g/mol. The molecule has 0 fully saturated rings. The van der Waals surface area contributed by atoms with E-state index in [0.29, 0.717) is 25.5 Å². The Kier molecular flexibility index (Phi) is 6.94. The zero-order chi connectivity index (χ0) is 16.3. The number of benzene rings is 2. The van der Waals surface area contributed by atoms with Crippen molar-refractivity contribution in [3.63, 3.8) is 0 Å². The van der Waals surface area contributed by atoms with Crippen LogP contribution in [0.3, 0.4) is 0 Å². The van der Waals surface area contributed by atoms with Gasteiger partial charge in [-0.2, -0.15) is 0 Å². The lowest BCUT2D eigenvalue weighted by molar-refractivity contribution is -0.126. The maximum absolute atomic E-state index is 11.6. The molecule has 23 heavy (non-hydrogen) atoms. The smallest absolute Gasteiger partial charge is 0.246 e. The highest BCUT2D eigenvalue weighted by molar-refractivity contribution is 5.77. The lowest BCUT2D eigenvalue weighted by Crippen LogP contribution is -2.31. The predicted molar refractivity (Wildman–Crippen MR) is 87.6 cm³/mol. The lowest BCUT2D eigenvalue weighted by Gasteiger charge is -2.09. The largest absolute Gasteiger partial charge is 0.497 e. The summed E-state index contributed by atoms with van der Waals surface area (Å²) in [5.41, 5.74) is 1.04. The van der Waals surface area contributed by atoms with Crippen LogP contribution in [-0.2, 0) is 16.1 Å². The molecule has 0 radical (unpaired) electrons. The maximum Gasteiger partial charge on any atom is 0.246 e. The zero-order valence-corrected chi connectivity index (χ0v) is 13.2. The van der Waals surface area contributed by atoms with E-state index in [2.05, 4.69) is 5.32 Å². The van der Waals surface area contributed by atoms with Crippen LogP contribution in [0.4, 0.5) is 0 Å². The normalized spacial score (nSPS) is 10.1. The number of carbonyl (C=O) groups excluding carboxylic acids is 1. The van der Waals surface area contributed by atoms with Crippen molar-refractivity contribution in [2.24, 2.45) is 0 Å². The number of ether oxygens (including phenoxy) is 3. The molecule has 0 aliphatic rings. The van der Waals surface area contributed by atoms with Crippen molar-refractivity contribution in [1.29, 1.82) is 0 Å². The van der Waals surface area contributed by atoms with E-state index in [1.807, 2.05) is 48.5 Å². The van der Waals surface area contributed by atoms with E-state index >= 15 is 0 Å². The summed E-state index contributed by atoms with van der Waals surface area (Å²) in [6.07, 6.45) is 0. The molecule has 0 aliphatic carbocycles. The molecule has 0 atom stereocenters. The van der Waals surface area contributed by atoms with Crippen LogP contribution in [0.25, 0.3) is 0 Å². The molecule has 0 spiro atoms. The number of amides is 1. The van der Waals surface area contributed by atoms with E-state index in [-0.39, 0.29) is 12.5 Å². The van der Waals surface area contributed by atoms with Gasteiger partial charge in [-0.15, -0.1) is 0 Å². The van der Waals surface area contributed by atoms with E-state index in [0.717, 1.165) is 11.3 Å². The summed E-state index contributed by atoms with van der Waals surface area (Å²) in [6.45, 7) is 1.27. The van der Waals surface area contributed by atoms with Crippen LogP contribution in [0.5, 0.6) is 11.5 Å². The molecule has 2 aromatic rings. The molecule has 0 saturated heterocycles. The Labute approximate surface area is 136 Å². The van der Waals surface area contributed by atoms with Gasteiger partial charge in [-0.05, 0) is 17.7 Å². The van der Waals surface area contributed by atoms with Crippen LogP contribution >= 0.6 is 0 Å². The molecule has 0 saturated carbocycles. The molecule has 0 bridgehead atoms. The summed E-state index contributed by atoms with van der Waals surface area (Å²) in [4.78, 5) is 11.6. The van der Waals surface area contributed by atoms with E-state index in [9.17, 15) is 4.79 Å². The van der Waals surface area contributed by atoms with Crippen molar-refractivity contribution in [3.05, 3.63) is 60.2 Å². The number of hydrogen-bond donors (Lipinski definition) is 1. The second kappa shape index (κ2) is 9.48. The Morgan fingerprint density at radius 1 is 1.04 bits per heavy atom. The SMILES string of the molecule is COc1cccc(OCCNC(=O)COCc2ccccc2)c1. The van der Waals surface area contributed by atoms with Gasteiger partial charge in [0.1, 0.15) is 24.7 Å². The van der Waals surface area contributed by atoms with Gasteiger partial charge in [0, 0.05) is 6.07 Å². The fraction of sp³-hybridized carbons (Fsp3) is 0.278. The average molecular weight is 315 g/mol. The number of nitrogens with one attached hydrogen (secondary N) is 1. The average Bonchev–Trinajstić information content (AvgIpc) is 2.60. The van der Waals surface area contributed by atoms with Gasteiger partial charge in [0.2, 0.25) is 5.91 Å². The summed E-state index contributed by atoms with van der Waals surface area (Å²) in [6, 6.07) is 17.1. The van der Waals surface area contributed by atoms with Crippen LogP contribution in [0.15, 0.2) is 54.6 Å². The molecule has 1 N–H and O–H groups in total. The molecule has 0 aliphatic heterocycles. The third-order valence-corrected chi connectivity index (χ3v) is 3.08. The summed E-state index contributed by atoms with van der Waals surface area (Å²) >= 11 is 0. The van der Waals surface area contributed by atoms with Crippen LogP contribution in [0, 0.1) is 0 Å². The third kappa shape index (κ3) is 6.40. The summed E-state index contributed by atoms with van der Waals surface area (Å²) in [5, 5.41) is 2.75. The Balaban J connectivity index is 1.57. The van der Waals surface area contributed by atoms with E-state index in [1.165, 1.54) is 0 Å². The Hall–Kier alpha value is -2.53. The highest BCUT2D eigenvalue weighted by atomic mass is 16.5. The predicted octanol–water partition coefficient (Wildman–Crippen LogP) is 2.41. The minimum atomic E-state index is -0.157. The van der Waals surface area contributed by atoms with Crippen LogP contribution in [0.2, 0.25) is 0 Å². The van der Waals surface area contributed by atoms with Crippen molar-refractivity contribution >= 4 is 5.91 Å². The van der Waals surface area contributed by atoms with Gasteiger partial charge in [-0.25, -0.2) is 0 Å². The molecule has 2 aromatic carbocycles. The molecule has 1 amide bonds. The number of rotatable bonds is 9. The highest BCUT2D eigenvalue weighted by Crippen LogP contribution is 2.18. The van der Waals surface area contributed by atoms with Gasteiger partial charge < -0.3 is 19.5 Å². The minimum Gasteiger partial charge on any atom is -0.497 e. The van der Waals surface area contributed by atoms with E-state index < -0.39 is 0 Å². The third-order valence-electron chi connectivity index (χ3n) is 3.08. The fourth-order valence-corrected chi connectivity index (χ4v) is 1.94. The maximum atomic E-state index is 11.6. The van der Waals surface area contributed by atoms with Crippen LogP contribution < -0.4 is 14.8 Å². The first-order valence-corrected chi connectivity index (χ1v) is 7.43. The molecule has 2 rings (SSSR count). The Bertz CT molecular complexity index is 601. The Morgan fingerprint density at radius 3 is 2.61 bits per heavy atom. The second-order valence-corrected chi connectivity index (χ2v) is 4.86. The molecule has 0 unspecified atom stereocenters. The lowest BCUT2D eigenvalue weighted by atomic mass is 10.2. The first-order chi connectivity index (χ1) is 11.3. The van der Waals surface area contributed by atoms with Crippen molar-refractivity contribution in [2.75, 3.05) is 26.9 Å². The standard InChI is InChI=1S/C18H21NO4/c1-21-16-8-5-9-17(12-16)23-11-10-19-18(20)14-22-13-15-6-3-2-4-7-15/h2-9,12H,10-11,13-14H2,1H3,(H,19,20). The highest BCUT2D eigenvalue weighted by Gasteiger charge is 2.02. The fourth-order valence-electron chi connectivity index (χ4n) is 1.94.